The maximum Gasteiger partial charge on any atom is 0.161 e. The summed E-state index contributed by atoms with van der Waals surface area (Å²) in [7, 11) is -1.17. The van der Waals surface area contributed by atoms with Crippen LogP contribution < -0.4 is 0 Å². The number of rotatable bonds is 5. The van der Waals surface area contributed by atoms with Crippen molar-refractivity contribution >= 4 is 13.4 Å². The Morgan fingerprint density at radius 1 is 0.567 bits per heavy atom. The van der Waals surface area contributed by atoms with Crippen LogP contribution in [0.1, 0.15) is 58.2 Å². The third kappa shape index (κ3) is 4.14. The lowest BCUT2D eigenvalue weighted by Gasteiger charge is -2.49. The molecule has 0 aliphatic heterocycles. The lowest BCUT2D eigenvalue weighted by atomic mass is 9.84. The van der Waals surface area contributed by atoms with E-state index >= 15 is 0 Å². The van der Waals surface area contributed by atoms with Crippen molar-refractivity contribution < 1.29 is 4.79 Å². The van der Waals surface area contributed by atoms with E-state index in [9.17, 15) is 4.79 Å². The van der Waals surface area contributed by atoms with Gasteiger partial charge in [-0.05, 0) is 29.8 Å². The molecule has 0 aliphatic rings. The number of hydrogen-bond acceptors (Lipinski definition) is 1. The molecular formula is C28H33OP. The molecular weight excluding hydrogens is 383 g/mol. The molecule has 0 spiro atoms. The molecule has 1 nitrogen and oxygen atoms in total. The highest BCUT2D eigenvalue weighted by Crippen LogP contribution is 2.71. The zero-order valence-corrected chi connectivity index (χ0v) is 19.9. The maximum atomic E-state index is 14.2. The van der Waals surface area contributed by atoms with E-state index in [1.54, 1.807) is 0 Å². The lowest BCUT2D eigenvalue weighted by Crippen LogP contribution is -2.39. The van der Waals surface area contributed by atoms with E-state index in [0.717, 1.165) is 0 Å². The summed E-state index contributed by atoms with van der Waals surface area (Å²) in [4.78, 5) is 14.2. The fraction of sp³-hybridized carbons (Fsp3) is 0.321. The van der Waals surface area contributed by atoms with Crippen molar-refractivity contribution in [2.24, 2.45) is 5.41 Å². The van der Waals surface area contributed by atoms with Crippen LogP contribution in [-0.4, -0.2) is 10.7 Å². The zero-order valence-electron chi connectivity index (χ0n) is 19.0. The Labute approximate surface area is 183 Å². The highest BCUT2D eigenvalue weighted by atomic mass is 31.1. The van der Waals surface area contributed by atoms with Crippen LogP contribution in [-0.2, 0) is 9.95 Å². The largest absolute Gasteiger partial charge is 0.294 e. The van der Waals surface area contributed by atoms with Crippen molar-refractivity contribution in [2.75, 3.05) is 0 Å². The first-order valence-corrected chi connectivity index (χ1v) is 11.9. The molecule has 2 heteroatoms. The minimum absolute atomic E-state index is 0.193. The molecule has 156 valence electrons. The van der Waals surface area contributed by atoms with Crippen LogP contribution in [0, 0.1) is 5.41 Å². The van der Waals surface area contributed by atoms with Crippen molar-refractivity contribution in [3.8, 4) is 0 Å². The molecule has 0 aromatic heterocycles. The summed E-state index contributed by atoms with van der Waals surface area (Å²) >= 11 is 0. The minimum Gasteiger partial charge on any atom is -0.294 e. The van der Waals surface area contributed by atoms with Gasteiger partial charge in [-0.2, -0.15) is 0 Å². The molecule has 0 saturated carbocycles. The van der Waals surface area contributed by atoms with Gasteiger partial charge in [-0.1, -0.05) is 133 Å². The SMILES string of the molecule is CC(C)(C)C(=O)P(C(C)(C)C)C(c1ccccc1)(c1ccccc1)c1ccccc1. The molecule has 0 aliphatic carbocycles. The van der Waals surface area contributed by atoms with Crippen LogP contribution in [0.3, 0.4) is 0 Å². The first kappa shape index (κ1) is 22.4. The summed E-state index contributed by atoms with van der Waals surface area (Å²) in [6.07, 6.45) is 0. The molecule has 0 N–H and O–H groups in total. The summed E-state index contributed by atoms with van der Waals surface area (Å²) in [5.74, 6) is 0. The molecule has 3 aromatic rings. The average Bonchev–Trinajstić information content (AvgIpc) is 2.72. The lowest BCUT2D eigenvalue weighted by molar-refractivity contribution is -0.118. The Morgan fingerprint density at radius 3 is 1.10 bits per heavy atom. The van der Waals surface area contributed by atoms with Gasteiger partial charge in [-0.15, -0.1) is 0 Å². The van der Waals surface area contributed by atoms with Crippen molar-refractivity contribution in [3.05, 3.63) is 108 Å². The molecule has 0 saturated heterocycles. The first-order chi connectivity index (χ1) is 14.1. The molecule has 30 heavy (non-hydrogen) atoms. The maximum absolute atomic E-state index is 14.2. The van der Waals surface area contributed by atoms with Crippen LogP contribution >= 0.6 is 7.92 Å². The average molecular weight is 417 g/mol. The highest BCUT2D eigenvalue weighted by molar-refractivity contribution is 7.77. The van der Waals surface area contributed by atoms with Gasteiger partial charge >= 0.3 is 0 Å². The molecule has 3 aromatic carbocycles. The summed E-state index contributed by atoms with van der Waals surface area (Å²) in [6.45, 7) is 12.9. The fourth-order valence-corrected chi connectivity index (χ4v) is 8.03. The number of benzene rings is 3. The summed E-state index contributed by atoms with van der Waals surface area (Å²) in [5, 5.41) is -0.719. The molecule has 0 fully saturated rings. The number of hydrogen-bond donors (Lipinski definition) is 0. The highest BCUT2D eigenvalue weighted by Gasteiger charge is 2.53. The van der Waals surface area contributed by atoms with Crippen LogP contribution in [0.5, 0.6) is 0 Å². The Bertz CT molecular complexity index is 867. The minimum atomic E-state index is -1.17. The van der Waals surface area contributed by atoms with E-state index in [1.807, 2.05) is 0 Å². The summed E-state index contributed by atoms with van der Waals surface area (Å²) in [6, 6.07) is 31.8. The van der Waals surface area contributed by atoms with E-state index in [4.69, 9.17) is 0 Å². The molecule has 3 rings (SSSR count). The van der Waals surface area contributed by atoms with E-state index < -0.39 is 18.5 Å². The molecule has 0 heterocycles. The van der Waals surface area contributed by atoms with Crippen LogP contribution in [0.4, 0.5) is 0 Å². The third-order valence-electron chi connectivity index (χ3n) is 5.43. The van der Waals surface area contributed by atoms with Crippen LogP contribution in [0.25, 0.3) is 0 Å². The van der Waals surface area contributed by atoms with Gasteiger partial charge in [0.25, 0.3) is 0 Å². The van der Waals surface area contributed by atoms with Gasteiger partial charge in [0, 0.05) is 5.41 Å². The Morgan fingerprint density at radius 2 is 0.867 bits per heavy atom. The number of carbonyl (C=O) groups is 1. The van der Waals surface area contributed by atoms with Crippen molar-refractivity contribution in [3.63, 3.8) is 0 Å². The Balaban J connectivity index is 2.51. The second-order valence-electron chi connectivity index (χ2n) is 9.87. The smallest absolute Gasteiger partial charge is 0.161 e. The van der Waals surface area contributed by atoms with Gasteiger partial charge in [-0.3, -0.25) is 4.79 Å². The standard InChI is InChI=1S/C28H33OP/c1-26(2,3)25(29)30(27(4,5)6)28(22-16-10-7-11-17-22,23-18-12-8-13-19-23)24-20-14-9-15-21-24/h7-21H,1-6H3. The second-order valence-corrected chi connectivity index (χ2v) is 13.0. The van der Waals surface area contributed by atoms with E-state index in [-0.39, 0.29) is 5.16 Å². The topological polar surface area (TPSA) is 17.1 Å². The predicted octanol–water partition coefficient (Wildman–Crippen LogP) is 7.83. The van der Waals surface area contributed by atoms with Crippen molar-refractivity contribution in [2.45, 2.75) is 51.9 Å². The van der Waals surface area contributed by atoms with E-state index in [2.05, 4.69) is 133 Å². The van der Waals surface area contributed by atoms with Crippen molar-refractivity contribution in [1.82, 2.24) is 0 Å². The summed E-state index contributed by atoms with van der Waals surface area (Å²) < 4.78 is 0. The molecule has 0 radical (unpaired) electrons. The second kappa shape index (κ2) is 8.48. The third-order valence-corrected chi connectivity index (χ3v) is 9.29. The Kier molecular flexibility index (Phi) is 6.34. The molecule has 1 unspecified atom stereocenters. The van der Waals surface area contributed by atoms with E-state index in [1.165, 1.54) is 16.7 Å². The summed E-state index contributed by atoms with van der Waals surface area (Å²) in [5.41, 5.74) is 3.47. The first-order valence-electron chi connectivity index (χ1n) is 10.6. The molecule has 1 atom stereocenters. The van der Waals surface area contributed by atoms with Crippen molar-refractivity contribution in [1.29, 1.82) is 0 Å². The monoisotopic (exact) mass is 416 g/mol. The van der Waals surface area contributed by atoms with Crippen LogP contribution in [0.15, 0.2) is 91.0 Å². The van der Waals surface area contributed by atoms with Gasteiger partial charge in [0.05, 0.1) is 5.16 Å². The van der Waals surface area contributed by atoms with Gasteiger partial charge in [0.1, 0.15) is 0 Å². The molecule has 0 bridgehead atoms. The number of carbonyl (C=O) groups excluding carboxylic acids is 1. The van der Waals surface area contributed by atoms with E-state index in [0.29, 0.717) is 5.52 Å². The molecule has 0 amide bonds. The predicted molar refractivity (Wildman–Crippen MR) is 130 cm³/mol. The van der Waals surface area contributed by atoms with Crippen LogP contribution in [0.2, 0.25) is 0 Å². The van der Waals surface area contributed by atoms with Gasteiger partial charge in [0.15, 0.2) is 5.52 Å². The fourth-order valence-electron chi connectivity index (χ4n) is 4.22. The van der Waals surface area contributed by atoms with Gasteiger partial charge < -0.3 is 0 Å². The normalized spacial score (nSPS) is 13.7. The van der Waals surface area contributed by atoms with Gasteiger partial charge in [-0.25, -0.2) is 0 Å². The van der Waals surface area contributed by atoms with Gasteiger partial charge in [0.2, 0.25) is 0 Å². The zero-order chi connectivity index (χ0) is 22.0. The Hall–Kier alpha value is -2.24. The quantitative estimate of drug-likeness (QED) is 0.306.